The second-order valence-corrected chi connectivity index (χ2v) is 8.15. The van der Waals surface area contributed by atoms with Crippen molar-refractivity contribution in [1.82, 2.24) is 24.7 Å². The number of amides is 1. The van der Waals surface area contributed by atoms with Crippen LogP contribution in [0.15, 0.2) is 30.7 Å². The van der Waals surface area contributed by atoms with Crippen molar-refractivity contribution in [1.29, 1.82) is 0 Å². The SMILES string of the molecule is Cc1nc(CCc2cnn(Cc3ccc(OCC(F)(F)F)nc3)c2)nc2c1NC(=O)[C@H](C)N2C. The van der Waals surface area contributed by atoms with Gasteiger partial charge in [0.05, 0.1) is 18.4 Å². The predicted molar refractivity (Wildman–Crippen MR) is 118 cm³/mol. The van der Waals surface area contributed by atoms with E-state index < -0.39 is 12.8 Å². The minimum absolute atomic E-state index is 0.0813. The van der Waals surface area contributed by atoms with Crippen LogP contribution in [-0.4, -0.2) is 56.5 Å². The third kappa shape index (κ3) is 5.43. The molecule has 3 aromatic rings. The first-order chi connectivity index (χ1) is 16.1. The molecule has 1 aliphatic rings. The van der Waals surface area contributed by atoms with Crippen LogP contribution < -0.4 is 15.0 Å². The molecule has 9 nitrogen and oxygen atoms in total. The Kier molecular flexibility index (Phi) is 6.40. The number of fused-ring (bicyclic) bond motifs is 1. The van der Waals surface area contributed by atoms with Crippen LogP contribution in [0.2, 0.25) is 0 Å². The van der Waals surface area contributed by atoms with Gasteiger partial charge in [-0.25, -0.2) is 15.0 Å². The Balaban J connectivity index is 1.36. The van der Waals surface area contributed by atoms with Gasteiger partial charge in [-0.15, -0.1) is 0 Å². The summed E-state index contributed by atoms with van der Waals surface area (Å²) in [4.78, 5) is 27.0. The molecule has 0 saturated carbocycles. The molecule has 34 heavy (non-hydrogen) atoms. The lowest BCUT2D eigenvalue weighted by Gasteiger charge is -2.32. The molecule has 4 rings (SSSR count). The van der Waals surface area contributed by atoms with E-state index in [2.05, 4.69) is 30.1 Å². The van der Waals surface area contributed by atoms with E-state index in [4.69, 9.17) is 0 Å². The number of hydrogen-bond donors (Lipinski definition) is 1. The molecule has 0 radical (unpaired) electrons. The molecule has 1 atom stereocenters. The number of halogens is 3. The molecule has 3 aromatic heterocycles. The highest BCUT2D eigenvalue weighted by Crippen LogP contribution is 2.31. The molecule has 0 saturated heterocycles. The van der Waals surface area contributed by atoms with Gasteiger partial charge in [0.1, 0.15) is 17.6 Å². The Hall–Kier alpha value is -3.70. The zero-order chi connectivity index (χ0) is 24.5. The number of aromatic nitrogens is 5. The van der Waals surface area contributed by atoms with E-state index in [1.807, 2.05) is 32.0 Å². The zero-order valence-corrected chi connectivity index (χ0v) is 18.9. The number of pyridine rings is 1. The summed E-state index contributed by atoms with van der Waals surface area (Å²) in [6.07, 6.45) is 1.99. The van der Waals surface area contributed by atoms with Crippen LogP contribution in [0.5, 0.6) is 5.88 Å². The maximum absolute atomic E-state index is 12.2. The number of hydrogen-bond acceptors (Lipinski definition) is 7. The number of carbonyl (C=O) groups excluding carboxylic acids is 1. The van der Waals surface area contributed by atoms with E-state index in [1.165, 1.54) is 12.3 Å². The number of rotatable bonds is 7. The fraction of sp³-hybridized carbons (Fsp3) is 0.409. The van der Waals surface area contributed by atoms with Gasteiger partial charge in [-0.05, 0) is 31.4 Å². The molecule has 1 aliphatic heterocycles. The summed E-state index contributed by atoms with van der Waals surface area (Å²) in [5.74, 6) is 1.22. The summed E-state index contributed by atoms with van der Waals surface area (Å²) in [6, 6.07) is 2.74. The highest BCUT2D eigenvalue weighted by Gasteiger charge is 2.30. The van der Waals surface area contributed by atoms with Crippen LogP contribution in [0.4, 0.5) is 24.7 Å². The summed E-state index contributed by atoms with van der Waals surface area (Å²) in [5, 5.41) is 7.22. The lowest BCUT2D eigenvalue weighted by molar-refractivity contribution is -0.154. The Labute approximate surface area is 194 Å². The maximum atomic E-state index is 12.2. The minimum atomic E-state index is -4.40. The van der Waals surface area contributed by atoms with Gasteiger partial charge in [0.15, 0.2) is 12.4 Å². The Bertz CT molecular complexity index is 1180. The molecule has 0 aliphatic carbocycles. The van der Waals surface area contributed by atoms with Crippen LogP contribution >= 0.6 is 0 Å². The van der Waals surface area contributed by atoms with Crippen molar-refractivity contribution in [3.05, 3.63) is 53.4 Å². The maximum Gasteiger partial charge on any atom is 0.422 e. The molecule has 1 amide bonds. The van der Waals surface area contributed by atoms with Crippen molar-refractivity contribution in [2.45, 2.75) is 45.5 Å². The highest BCUT2D eigenvalue weighted by molar-refractivity contribution is 6.02. The van der Waals surface area contributed by atoms with Gasteiger partial charge in [0.2, 0.25) is 11.8 Å². The molecule has 0 bridgehead atoms. The van der Waals surface area contributed by atoms with Crippen LogP contribution in [0.1, 0.15) is 29.6 Å². The van der Waals surface area contributed by atoms with E-state index in [9.17, 15) is 18.0 Å². The third-order valence-electron chi connectivity index (χ3n) is 5.51. The lowest BCUT2D eigenvalue weighted by atomic mass is 10.1. The number of likely N-dealkylation sites (N-methyl/N-ethyl adjacent to an activating group) is 1. The fourth-order valence-corrected chi connectivity index (χ4v) is 3.53. The molecule has 180 valence electrons. The highest BCUT2D eigenvalue weighted by atomic mass is 19.4. The summed E-state index contributed by atoms with van der Waals surface area (Å²) >= 11 is 0. The van der Waals surface area contributed by atoms with Gasteiger partial charge in [0, 0.05) is 31.9 Å². The van der Waals surface area contributed by atoms with Gasteiger partial charge >= 0.3 is 6.18 Å². The van der Waals surface area contributed by atoms with Gasteiger partial charge < -0.3 is 15.0 Å². The van der Waals surface area contributed by atoms with E-state index in [0.717, 1.165) is 16.8 Å². The second-order valence-electron chi connectivity index (χ2n) is 8.15. The standard InChI is InChI=1S/C22H24F3N7O2/c1-13-19-20(31(3)14(2)21(33)30-19)29-17(28-13)6-4-16-9-27-32(11-16)10-15-5-7-18(26-8-15)34-12-22(23,24)25/h5,7-9,11,14H,4,6,10,12H2,1-3H3,(H,30,33)/t14-/m0/s1. The van der Waals surface area contributed by atoms with Crippen molar-refractivity contribution in [3.63, 3.8) is 0 Å². The van der Waals surface area contributed by atoms with Crippen molar-refractivity contribution in [3.8, 4) is 5.88 Å². The summed E-state index contributed by atoms with van der Waals surface area (Å²) in [7, 11) is 1.84. The van der Waals surface area contributed by atoms with Crippen LogP contribution in [0, 0.1) is 6.92 Å². The molecule has 0 aromatic carbocycles. The number of carbonyl (C=O) groups is 1. The first-order valence-electron chi connectivity index (χ1n) is 10.7. The largest absolute Gasteiger partial charge is 0.468 e. The quantitative estimate of drug-likeness (QED) is 0.561. The van der Waals surface area contributed by atoms with Crippen molar-refractivity contribution in [2.75, 3.05) is 23.9 Å². The first-order valence-corrected chi connectivity index (χ1v) is 10.7. The fourth-order valence-electron chi connectivity index (χ4n) is 3.53. The molecule has 4 heterocycles. The second kappa shape index (κ2) is 9.27. The first kappa shape index (κ1) is 23.5. The van der Waals surface area contributed by atoms with Gasteiger partial charge in [0.25, 0.3) is 0 Å². The van der Waals surface area contributed by atoms with Crippen LogP contribution in [0.3, 0.4) is 0 Å². The third-order valence-corrected chi connectivity index (χ3v) is 5.51. The predicted octanol–water partition coefficient (Wildman–Crippen LogP) is 2.93. The van der Waals surface area contributed by atoms with Gasteiger partial charge in [-0.1, -0.05) is 6.07 Å². The van der Waals surface area contributed by atoms with Crippen molar-refractivity contribution >= 4 is 17.4 Å². The van der Waals surface area contributed by atoms with Gasteiger partial charge in [-0.2, -0.15) is 18.3 Å². The number of nitrogens with one attached hydrogen (secondary N) is 1. The van der Waals surface area contributed by atoms with Crippen LogP contribution in [0.25, 0.3) is 0 Å². The molecular weight excluding hydrogens is 451 g/mol. The Morgan fingerprint density at radius 1 is 1.15 bits per heavy atom. The van der Waals surface area contributed by atoms with E-state index in [1.54, 1.807) is 16.9 Å². The summed E-state index contributed by atoms with van der Waals surface area (Å²) < 4.78 is 43.0. The monoisotopic (exact) mass is 475 g/mol. The molecule has 0 unspecified atom stereocenters. The van der Waals surface area contributed by atoms with E-state index in [-0.39, 0.29) is 17.8 Å². The van der Waals surface area contributed by atoms with E-state index >= 15 is 0 Å². The average Bonchev–Trinajstić information content (AvgIpc) is 3.23. The number of ether oxygens (including phenoxy) is 1. The number of nitrogens with zero attached hydrogens (tertiary/aromatic N) is 6. The Morgan fingerprint density at radius 3 is 2.65 bits per heavy atom. The normalized spacial score (nSPS) is 15.8. The number of alkyl halides is 3. The van der Waals surface area contributed by atoms with Gasteiger partial charge in [-0.3, -0.25) is 9.48 Å². The number of anilines is 2. The van der Waals surface area contributed by atoms with Crippen molar-refractivity contribution < 1.29 is 22.7 Å². The molecule has 0 fully saturated rings. The zero-order valence-electron chi connectivity index (χ0n) is 18.9. The molecule has 12 heteroatoms. The number of aryl methyl sites for hydroxylation is 3. The summed E-state index contributed by atoms with van der Waals surface area (Å²) in [5.41, 5.74) is 3.14. The molecular formula is C22H24F3N7O2. The minimum Gasteiger partial charge on any atom is -0.468 e. The van der Waals surface area contributed by atoms with Crippen molar-refractivity contribution in [2.24, 2.45) is 0 Å². The smallest absolute Gasteiger partial charge is 0.422 e. The topological polar surface area (TPSA) is 98.1 Å². The summed E-state index contributed by atoms with van der Waals surface area (Å²) in [6.45, 7) is 2.71. The van der Waals surface area contributed by atoms with E-state index in [0.29, 0.717) is 36.7 Å². The lowest BCUT2D eigenvalue weighted by Crippen LogP contribution is -2.45. The van der Waals surface area contributed by atoms with Crippen LogP contribution in [-0.2, 0) is 24.2 Å². The Morgan fingerprint density at radius 2 is 1.94 bits per heavy atom. The average molecular weight is 475 g/mol. The molecule has 1 N–H and O–H groups in total. The molecule has 0 spiro atoms.